The Morgan fingerprint density at radius 3 is 2.62 bits per heavy atom. The van der Waals surface area contributed by atoms with Gasteiger partial charge in [0.05, 0.1) is 12.4 Å². The van der Waals surface area contributed by atoms with Crippen molar-refractivity contribution in [3.05, 3.63) is 66.7 Å². The van der Waals surface area contributed by atoms with E-state index in [0.717, 1.165) is 27.8 Å². The lowest BCUT2D eigenvalue weighted by Gasteiger charge is -2.12. The third-order valence-electron chi connectivity index (χ3n) is 4.53. The van der Waals surface area contributed by atoms with Crippen molar-refractivity contribution < 1.29 is 9.53 Å². The SMILES string of the molecule is COc1ccc(-c2nc(S[C@@H](C)C(=O)Nc3cccc4ccccc34)n[nH]2)cc1. The molecule has 146 valence electrons. The second-order valence-electron chi connectivity index (χ2n) is 6.47. The van der Waals surface area contributed by atoms with Crippen LogP contribution in [0.25, 0.3) is 22.2 Å². The van der Waals surface area contributed by atoms with Gasteiger partial charge in [0.15, 0.2) is 5.82 Å². The molecule has 0 saturated carbocycles. The van der Waals surface area contributed by atoms with Crippen molar-refractivity contribution in [1.29, 1.82) is 0 Å². The zero-order chi connectivity index (χ0) is 20.2. The Bertz CT molecular complexity index is 1140. The van der Waals surface area contributed by atoms with E-state index in [1.807, 2.05) is 73.7 Å². The van der Waals surface area contributed by atoms with Crippen LogP contribution in [0.1, 0.15) is 6.92 Å². The van der Waals surface area contributed by atoms with E-state index in [9.17, 15) is 4.79 Å². The van der Waals surface area contributed by atoms with E-state index in [1.54, 1.807) is 7.11 Å². The molecule has 1 amide bonds. The van der Waals surface area contributed by atoms with Gasteiger partial charge in [-0.1, -0.05) is 48.2 Å². The lowest BCUT2D eigenvalue weighted by atomic mass is 10.1. The van der Waals surface area contributed by atoms with Gasteiger partial charge in [-0.3, -0.25) is 9.89 Å². The van der Waals surface area contributed by atoms with Gasteiger partial charge in [-0.2, -0.15) is 0 Å². The van der Waals surface area contributed by atoms with E-state index in [1.165, 1.54) is 11.8 Å². The van der Waals surface area contributed by atoms with Gasteiger partial charge in [-0.15, -0.1) is 5.10 Å². The number of ether oxygens (including phenoxy) is 1. The molecular weight excluding hydrogens is 384 g/mol. The largest absolute Gasteiger partial charge is 0.497 e. The van der Waals surface area contributed by atoms with Crippen LogP contribution in [-0.4, -0.2) is 33.4 Å². The summed E-state index contributed by atoms with van der Waals surface area (Å²) in [6, 6.07) is 21.4. The maximum Gasteiger partial charge on any atom is 0.237 e. The minimum absolute atomic E-state index is 0.0952. The third kappa shape index (κ3) is 4.25. The number of nitrogens with zero attached hydrogens (tertiary/aromatic N) is 2. The first-order valence-electron chi connectivity index (χ1n) is 9.16. The molecule has 0 radical (unpaired) electrons. The zero-order valence-electron chi connectivity index (χ0n) is 16.0. The highest BCUT2D eigenvalue weighted by Gasteiger charge is 2.18. The number of carbonyl (C=O) groups excluding carboxylic acids is 1. The molecule has 29 heavy (non-hydrogen) atoms. The van der Waals surface area contributed by atoms with Gasteiger partial charge in [0, 0.05) is 16.6 Å². The zero-order valence-corrected chi connectivity index (χ0v) is 16.9. The standard InChI is InChI=1S/C22H20N4O2S/c1-14(21(27)23-19-9-5-7-15-6-3-4-8-18(15)19)29-22-24-20(25-26-22)16-10-12-17(28-2)13-11-16/h3-14H,1-2H3,(H,23,27)(H,24,25,26)/t14-/m0/s1. The van der Waals surface area contributed by atoms with Gasteiger partial charge in [0.1, 0.15) is 5.75 Å². The number of nitrogens with one attached hydrogen (secondary N) is 2. The number of anilines is 1. The van der Waals surface area contributed by atoms with Crippen molar-refractivity contribution in [2.45, 2.75) is 17.3 Å². The number of methoxy groups -OCH3 is 1. The number of fused-ring (bicyclic) bond motifs is 1. The fourth-order valence-electron chi connectivity index (χ4n) is 2.96. The van der Waals surface area contributed by atoms with Crippen LogP contribution >= 0.6 is 11.8 Å². The highest BCUT2D eigenvalue weighted by molar-refractivity contribution is 8.00. The molecule has 0 aliphatic carbocycles. The number of hydrogen-bond donors (Lipinski definition) is 2. The van der Waals surface area contributed by atoms with Gasteiger partial charge >= 0.3 is 0 Å². The molecule has 1 heterocycles. The second kappa shape index (κ2) is 8.36. The number of aromatic amines is 1. The number of aromatic nitrogens is 3. The Morgan fingerprint density at radius 2 is 1.83 bits per heavy atom. The fourth-order valence-corrected chi connectivity index (χ4v) is 3.68. The molecule has 6 nitrogen and oxygen atoms in total. The van der Waals surface area contributed by atoms with E-state index >= 15 is 0 Å². The van der Waals surface area contributed by atoms with Crippen LogP contribution in [0.2, 0.25) is 0 Å². The number of carbonyl (C=O) groups is 1. The number of thioether (sulfide) groups is 1. The van der Waals surface area contributed by atoms with Crippen LogP contribution in [0.3, 0.4) is 0 Å². The van der Waals surface area contributed by atoms with Crippen LogP contribution in [0.5, 0.6) is 5.75 Å². The molecule has 0 aliphatic heterocycles. The Kier molecular flexibility index (Phi) is 5.48. The van der Waals surface area contributed by atoms with Crippen molar-refractivity contribution in [3.8, 4) is 17.1 Å². The molecule has 0 saturated heterocycles. The summed E-state index contributed by atoms with van der Waals surface area (Å²) in [7, 11) is 1.63. The summed E-state index contributed by atoms with van der Waals surface area (Å²) in [5, 5.41) is 12.4. The quantitative estimate of drug-likeness (QED) is 0.453. The first-order chi connectivity index (χ1) is 14.1. The predicted octanol–water partition coefficient (Wildman–Crippen LogP) is 4.75. The highest BCUT2D eigenvalue weighted by atomic mass is 32.2. The Morgan fingerprint density at radius 1 is 1.07 bits per heavy atom. The van der Waals surface area contributed by atoms with Crippen molar-refractivity contribution in [1.82, 2.24) is 15.2 Å². The number of rotatable bonds is 6. The average Bonchev–Trinajstić information content (AvgIpc) is 3.22. The maximum absolute atomic E-state index is 12.7. The lowest BCUT2D eigenvalue weighted by molar-refractivity contribution is -0.115. The monoisotopic (exact) mass is 404 g/mol. The van der Waals surface area contributed by atoms with Crippen LogP contribution < -0.4 is 10.1 Å². The molecule has 0 bridgehead atoms. The van der Waals surface area contributed by atoms with Crippen molar-refractivity contribution in [3.63, 3.8) is 0 Å². The number of H-pyrrole nitrogens is 1. The Labute approximate surface area is 172 Å². The molecule has 2 N–H and O–H groups in total. The van der Waals surface area contributed by atoms with Gasteiger partial charge in [-0.25, -0.2) is 4.98 Å². The number of benzene rings is 3. The molecule has 1 atom stereocenters. The minimum Gasteiger partial charge on any atom is -0.497 e. The third-order valence-corrected chi connectivity index (χ3v) is 5.49. The van der Waals surface area contributed by atoms with Crippen molar-refractivity contribution in [2.24, 2.45) is 0 Å². The Hall–Kier alpha value is -3.32. The summed E-state index contributed by atoms with van der Waals surface area (Å²) in [5.41, 5.74) is 1.70. The molecule has 0 spiro atoms. The lowest BCUT2D eigenvalue weighted by Crippen LogP contribution is -2.22. The summed E-state index contributed by atoms with van der Waals surface area (Å²) in [4.78, 5) is 17.2. The topological polar surface area (TPSA) is 79.9 Å². The van der Waals surface area contributed by atoms with Crippen LogP contribution in [-0.2, 0) is 4.79 Å². The summed E-state index contributed by atoms with van der Waals surface area (Å²) in [6.45, 7) is 1.84. The van der Waals surface area contributed by atoms with Crippen LogP contribution in [0.4, 0.5) is 5.69 Å². The first kappa shape index (κ1) is 19.0. The van der Waals surface area contributed by atoms with Gasteiger partial charge in [-0.05, 0) is 42.6 Å². The van der Waals surface area contributed by atoms with Gasteiger partial charge < -0.3 is 10.1 Å². The highest BCUT2D eigenvalue weighted by Crippen LogP contribution is 2.27. The van der Waals surface area contributed by atoms with Crippen molar-refractivity contribution >= 4 is 34.1 Å². The van der Waals surface area contributed by atoms with E-state index < -0.39 is 0 Å². The fraction of sp³-hybridized carbons (Fsp3) is 0.136. The van der Waals surface area contributed by atoms with E-state index in [-0.39, 0.29) is 11.2 Å². The summed E-state index contributed by atoms with van der Waals surface area (Å²) < 4.78 is 5.17. The molecular formula is C22H20N4O2S. The molecule has 0 aliphatic rings. The number of hydrogen-bond acceptors (Lipinski definition) is 5. The van der Waals surface area contributed by atoms with Gasteiger partial charge in [0.2, 0.25) is 11.1 Å². The molecule has 3 aromatic carbocycles. The molecule has 4 rings (SSSR count). The minimum atomic E-state index is -0.353. The summed E-state index contributed by atoms with van der Waals surface area (Å²) in [5.74, 6) is 1.33. The van der Waals surface area contributed by atoms with Crippen LogP contribution in [0, 0.1) is 0 Å². The predicted molar refractivity (Wildman–Crippen MR) is 116 cm³/mol. The van der Waals surface area contributed by atoms with E-state index in [2.05, 4.69) is 20.5 Å². The summed E-state index contributed by atoms with van der Waals surface area (Å²) in [6.07, 6.45) is 0. The molecule has 0 fully saturated rings. The van der Waals surface area contributed by atoms with E-state index in [4.69, 9.17) is 4.74 Å². The molecule has 4 aromatic rings. The normalized spacial score (nSPS) is 11.9. The van der Waals surface area contributed by atoms with E-state index in [0.29, 0.717) is 11.0 Å². The number of amides is 1. The molecule has 7 heteroatoms. The van der Waals surface area contributed by atoms with Crippen molar-refractivity contribution in [2.75, 3.05) is 12.4 Å². The maximum atomic E-state index is 12.7. The Balaban J connectivity index is 1.44. The second-order valence-corrected chi connectivity index (χ2v) is 7.78. The van der Waals surface area contributed by atoms with Crippen LogP contribution in [0.15, 0.2) is 71.9 Å². The molecule has 0 unspecified atom stereocenters. The summed E-state index contributed by atoms with van der Waals surface area (Å²) >= 11 is 1.31. The average molecular weight is 404 g/mol. The van der Waals surface area contributed by atoms with Gasteiger partial charge in [0.25, 0.3) is 0 Å². The smallest absolute Gasteiger partial charge is 0.237 e. The molecule has 1 aromatic heterocycles. The first-order valence-corrected chi connectivity index (χ1v) is 10.0.